The highest BCUT2D eigenvalue weighted by atomic mass is 32.2. The van der Waals surface area contributed by atoms with Crippen LogP contribution in [0.2, 0.25) is 0 Å². The van der Waals surface area contributed by atoms with Crippen LogP contribution in [-0.2, 0) is 80.9 Å². The zero-order valence-corrected chi connectivity index (χ0v) is 65.7. The zero-order chi connectivity index (χ0) is 79.4. The Balaban J connectivity index is 1.41. The summed E-state index contributed by atoms with van der Waals surface area (Å²) in [5.41, 5.74) is 7.80. The van der Waals surface area contributed by atoms with Crippen LogP contribution < -0.4 is 32.3 Å². The number of rotatable bonds is 40. The second kappa shape index (κ2) is 43.7. The van der Waals surface area contributed by atoms with Crippen molar-refractivity contribution in [3.05, 3.63) is 132 Å². The number of carbonyl (C=O) groups is 13. The third kappa shape index (κ3) is 27.6. The van der Waals surface area contributed by atoms with Gasteiger partial charge in [-0.1, -0.05) is 169 Å². The van der Waals surface area contributed by atoms with Crippen molar-refractivity contribution in [3.8, 4) is 0 Å². The van der Waals surface area contributed by atoms with Gasteiger partial charge >= 0.3 is 0 Å². The van der Waals surface area contributed by atoms with E-state index in [0.717, 1.165) is 46.4 Å². The Morgan fingerprint density at radius 3 is 1.53 bits per heavy atom. The number of hydrogen-bond acceptors (Lipinski definition) is 16. The molecule has 107 heavy (non-hydrogen) atoms. The van der Waals surface area contributed by atoms with Crippen molar-refractivity contribution in [1.82, 2.24) is 56.0 Å². The lowest BCUT2D eigenvalue weighted by Crippen LogP contribution is -2.61. The van der Waals surface area contributed by atoms with Crippen LogP contribution in [0.15, 0.2) is 115 Å². The van der Waals surface area contributed by atoms with E-state index < -0.39 is 168 Å². The zero-order valence-electron chi connectivity index (χ0n) is 64.9. The molecule has 8 N–H and O–H groups in total. The van der Waals surface area contributed by atoms with E-state index in [2.05, 4.69) is 26.6 Å². The first kappa shape index (κ1) is 88.5. The molecular formula is C80H116N12O14S. The number of aliphatic hydroxyl groups excluding tert-OH is 1. The van der Waals surface area contributed by atoms with Gasteiger partial charge in [0.1, 0.15) is 42.3 Å². The molecule has 1 fully saturated rings. The van der Waals surface area contributed by atoms with Gasteiger partial charge in [0.2, 0.25) is 65.0 Å². The lowest BCUT2D eigenvalue weighted by atomic mass is 9.83. The van der Waals surface area contributed by atoms with Crippen LogP contribution in [0.25, 0.3) is 0 Å². The highest BCUT2D eigenvalue weighted by Gasteiger charge is 2.43. The monoisotopic (exact) mass is 1500 g/mol. The summed E-state index contributed by atoms with van der Waals surface area (Å²) in [5.74, 6) is -9.92. The Morgan fingerprint density at radius 1 is 0.533 bits per heavy atom. The lowest BCUT2D eigenvalue weighted by molar-refractivity contribution is -0.149. The highest BCUT2D eigenvalue weighted by Crippen LogP contribution is 2.28. The number of amides is 11. The molecule has 1 saturated heterocycles. The average molecular weight is 1500 g/mol. The number of thioether (sulfide) groups is 1. The van der Waals surface area contributed by atoms with Gasteiger partial charge in [0.05, 0.1) is 31.3 Å². The van der Waals surface area contributed by atoms with E-state index in [1.54, 1.807) is 80.3 Å². The maximum absolute atomic E-state index is 15.3. The van der Waals surface area contributed by atoms with Gasteiger partial charge in [-0.3, -0.25) is 62.3 Å². The molecule has 1 unspecified atom stereocenters. The molecule has 1 aliphatic carbocycles. The third-order valence-electron chi connectivity index (χ3n) is 19.6. The van der Waals surface area contributed by atoms with Crippen molar-refractivity contribution in [3.63, 3.8) is 0 Å². The van der Waals surface area contributed by atoms with Crippen molar-refractivity contribution < 1.29 is 67.4 Å². The molecule has 11 amide bonds. The van der Waals surface area contributed by atoms with Crippen molar-refractivity contribution in [2.24, 2.45) is 35.3 Å². The molecule has 2 aliphatic rings. The SMILES string of the molecule is CC(C)C[C@@H](C(=O)N[C@H](C(=O)N(C)[C@@H](Cc1ccccc1)C(=O)NCC(=O)N(C)[C@@H](CC(C)C)C(=O)N(C)[C@H](C(=O)C[C@@H](CC1C=CC=CC1)C(=O)N[C@@H](CC(=O)SCc1ccccc1)C(=O)N(C)[C@@H](Cc1ccccc1)C(=O)N[C@@H](C)C(=O)N1CCCCC1)C(C)C)[C@@H](C)O)N(C)C(=O)CNC(=O)[C@H](C)N. The smallest absolute Gasteiger partial charge is 0.248 e. The van der Waals surface area contributed by atoms with Crippen LogP contribution in [0.5, 0.6) is 0 Å². The normalized spacial score (nSPS) is 16.6. The minimum absolute atomic E-state index is 0.0136. The van der Waals surface area contributed by atoms with Gasteiger partial charge in [-0.15, -0.1) is 0 Å². The number of likely N-dealkylation sites (tertiary alicyclic amines) is 1. The number of Topliss-reactive ketones (excluding diaryl/α,β-unsaturated/α-hetero) is 1. The van der Waals surface area contributed by atoms with Crippen LogP contribution in [0, 0.1) is 29.6 Å². The molecule has 0 saturated carbocycles. The van der Waals surface area contributed by atoms with Crippen molar-refractivity contribution in [1.29, 1.82) is 0 Å². The second-order valence-electron chi connectivity index (χ2n) is 29.6. The van der Waals surface area contributed by atoms with Crippen LogP contribution in [0.4, 0.5) is 0 Å². The topological polar surface area (TPSA) is 348 Å². The number of carbonyl (C=O) groups excluding carboxylic acids is 13. The molecule has 0 spiro atoms. The minimum atomic E-state index is -1.64. The van der Waals surface area contributed by atoms with Gasteiger partial charge in [-0.2, -0.15) is 0 Å². The van der Waals surface area contributed by atoms with Crippen LogP contribution in [0.1, 0.15) is 137 Å². The van der Waals surface area contributed by atoms with Crippen LogP contribution >= 0.6 is 11.8 Å². The summed E-state index contributed by atoms with van der Waals surface area (Å²) >= 11 is 0.960. The van der Waals surface area contributed by atoms with Gasteiger partial charge in [-0.05, 0) is 106 Å². The van der Waals surface area contributed by atoms with Gasteiger partial charge < -0.3 is 66.8 Å². The number of nitrogens with two attached hydrogens (primary N) is 1. The van der Waals surface area contributed by atoms with E-state index in [1.165, 1.54) is 63.8 Å². The molecule has 1 heterocycles. The van der Waals surface area contributed by atoms with Crippen molar-refractivity contribution in [2.45, 2.75) is 199 Å². The second-order valence-corrected chi connectivity index (χ2v) is 30.7. The number of hydrogen-bond donors (Lipinski definition) is 7. The minimum Gasteiger partial charge on any atom is -0.391 e. The maximum Gasteiger partial charge on any atom is 0.248 e. The number of piperidine rings is 1. The predicted molar refractivity (Wildman–Crippen MR) is 412 cm³/mol. The molecule has 26 nitrogen and oxygen atoms in total. The Bertz CT molecular complexity index is 3550. The molecule has 0 bridgehead atoms. The van der Waals surface area contributed by atoms with Crippen LogP contribution in [-0.4, -0.2) is 232 Å². The number of nitrogens with zero attached hydrogens (tertiary/aromatic N) is 6. The predicted octanol–water partition coefficient (Wildman–Crippen LogP) is 4.75. The van der Waals surface area contributed by atoms with Gasteiger partial charge in [0, 0.05) is 85.7 Å². The lowest BCUT2D eigenvalue weighted by Gasteiger charge is -2.37. The van der Waals surface area contributed by atoms with E-state index in [0.29, 0.717) is 30.6 Å². The quantitative estimate of drug-likeness (QED) is 0.0404. The largest absolute Gasteiger partial charge is 0.391 e. The molecule has 1 aliphatic heterocycles. The van der Waals surface area contributed by atoms with Crippen molar-refractivity contribution >= 4 is 87.6 Å². The van der Waals surface area contributed by atoms with E-state index in [4.69, 9.17) is 5.73 Å². The van der Waals surface area contributed by atoms with E-state index in [1.807, 2.05) is 88.4 Å². The number of likely N-dealkylation sites (N-methyl/N-ethyl adjacent to an activating group) is 5. The number of ketones is 1. The van der Waals surface area contributed by atoms with Crippen molar-refractivity contribution in [2.75, 3.05) is 61.4 Å². The molecule has 586 valence electrons. The Kier molecular flexibility index (Phi) is 36.1. The fraction of sp³-hybridized carbons (Fsp3) is 0.562. The Morgan fingerprint density at radius 2 is 1.03 bits per heavy atom. The first-order valence-electron chi connectivity index (χ1n) is 37.3. The van der Waals surface area contributed by atoms with Gasteiger partial charge in [0.25, 0.3) is 0 Å². The molecule has 5 rings (SSSR count). The first-order valence-corrected chi connectivity index (χ1v) is 38.2. The molecule has 3 aromatic rings. The molecular weight excluding hydrogens is 1390 g/mol. The van der Waals surface area contributed by atoms with E-state index in [-0.39, 0.29) is 61.5 Å². The van der Waals surface area contributed by atoms with E-state index in [9.17, 15) is 48.3 Å². The summed E-state index contributed by atoms with van der Waals surface area (Å²) in [6.07, 6.45) is 8.55. The fourth-order valence-electron chi connectivity index (χ4n) is 13.3. The molecule has 3 aromatic carbocycles. The standard InChI is InChI=1S/C80H116N12O14S/c1-50(2)40-62(87(10)67(95)47-82-72(98)53(7)81)76(102)86-70(55(9)93)80(106)90(13)63(43-57-32-22-16-23-33-57)74(100)83-48-68(96)88(11)65(41-51(3)4)79(105)91(14)71(52(5)6)66(94)45-60(42-56-30-20-15-21-31-56)73(99)85-61(46-69(97)107-49-59-36-26-18-27-37-59)78(104)89(12)64(44-58-34-24-17-25-35-58)75(101)84-54(8)77(103)92-38-28-19-29-39-92/h15-18,20-27,30,32-37,50-56,60-65,70-71,93H,19,28-29,31,38-49,81H2,1-14H3,(H,82,98)(H,83,100)(H,84,101)(H,85,99)(H,86,102)/t53-,54-,55+,56?,60+,61-,62-,63-,64-,65-,70-,71-/m0/s1. The summed E-state index contributed by atoms with van der Waals surface area (Å²) in [6.45, 7) is 15.2. The number of allylic oxidation sites excluding steroid dienone is 4. The average Bonchev–Trinajstić information content (AvgIpc) is 0.826. The fourth-order valence-corrected chi connectivity index (χ4v) is 14.1. The summed E-state index contributed by atoms with van der Waals surface area (Å²) in [5, 5.41) is 24.1. The third-order valence-corrected chi connectivity index (χ3v) is 20.6. The van der Waals surface area contributed by atoms with Gasteiger partial charge in [-0.25, -0.2) is 0 Å². The molecule has 0 radical (unpaired) electrons. The first-order chi connectivity index (χ1) is 50.6. The number of benzene rings is 3. The maximum atomic E-state index is 15.3. The van der Waals surface area contributed by atoms with Gasteiger partial charge in [0.15, 0.2) is 10.9 Å². The Hall–Kier alpha value is -9.08. The number of nitrogens with one attached hydrogen (secondary N) is 5. The summed E-state index contributed by atoms with van der Waals surface area (Å²) < 4.78 is 0. The van der Waals surface area contributed by atoms with E-state index >= 15 is 19.2 Å². The summed E-state index contributed by atoms with van der Waals surface area (Å²) in [4.78, 5) is 195. The molecule has 0 aromatic heterocycles. The summed E-state index contributed by atoms with van der Waals surface area (Å²) in [7, 11) is 6.97. The highest BCUT2D eigenvalue weighted by molar-refractivity contribution is 8.12. The number of aliphatic hydroxyl groups is 1. The molecule has 27 heteroatoms. The Labute approximate surface area is 635 Å². The van der Waals surface area contributed by atoms with Crippen LogP contribution in [0.3, 0.4) is 0 Å². The summed E-state index contributed by atoms with van der Waals surface area (Å²) in [6, 6.07) is 15.8. The molecule has 12 atom stereocenters.